The molecule has 0 fully saturated rings. The van der Waals surface area contributed by atoms with Gasteiger partial charge in [-0.15, -0.1) is 11.3 Å². The number of aryl methyl sites for hydroxylation is 2. The predicted molar refractivity (Wildman–Crippen MR) is 81.8 cm³/mol. The molecule has 0 saturated heterocycles. The molecule has 2 aromatic rings. The Morgan fingerprint density at radius 1 is 1.52 bits per heavy atom. The summed E-state index contributed by atoms with van der Waals surface area (Å²) >= 11 is 1.57. The maximum atomic E-state index is 11.8. The Morgan fingerprint density at radius 3 is 2.95 bits per heavy atom. The fourth-order valence-electron chi connectivity index (χ4n) is 1.67. The molecule has 2 N–H and O–H groups in total. The monoisotopic (exact) mass is 307 g/mol. The molecule has 2 rings (SSSR count). The predicted octanol–water partition coefficient (Wildman–Crippen LogP) is 1.47. The smallest absolute Gasteiger partial charge is 0.320 e. The topological polar surface area (TPSA) is 88.9 Å². The average molecular weight is 307 g/mol. The number of nitrogens with zero attached hydrogens (tertiary/aromatic N) is 3. The van der Waals surface area contributed by atoms with Crippen molar-refractivity contribution in [2.45, 2.75) is 19.8 Å². The van der Waals surface area contributed by atoms with Gasteiger partial charge in [0.2, 0.25) is 5.82 Å². The standard InChI is InChI=1S/C13H17N5O2S/c1-8(11-16-9(2)7-21-11)6-15-13(20)17-10-12(19)18(3)5-4-14-10/h4-5,7-8H,6H2,1-3H3,(H2,14,15,17,20)/t8-/m0/s1. The van der Waals surface area contributed by atoms with Gasteiger partial charge in [-0.05, 0) is 6.92 Å². The first kappa shape index (κ1) is 15.2. The highest BCUT2D eigenvalue weighted by molar-refractivity contribution is 7.09. The van der Waals surface area contributed by atoms with Crippen molar-refractivity contribution in [1.29, 1.82) is 0 Å². The van der Waals surface area contributed by atoms with Crippen LogP contribution in [-0.2, 0) is 7.05 Å². The molecule has 0 aliphatic rings. The zero-order valence-electron chi connectivity index (χ0n) is 12.1. The van der Waals surface area contributed by atoms with Crippen LogP contribution in [0.5, 0.6) is 0 Å². The van der Waals surface area contributed by atoms with E-state index in [1.54, 1.807) is 18.4 Å². The molecule has 2 amide bonds. The molecule has 0 saturated carbocycles. The van der Waals surface area contributed by atoms with E-state index in [4.69, 9.17) is 0 Å². The Balaban J connectivity index is 1.90. The van der Waals surface area contributed by atoms with Gasteiger partial charge >= 0.3 is 6.03 Å². The number of thiazole rings is 1. The van der Waals surface area contributed by atoms with Crippen molar-refractivity contribution in [2.75, 3.05) is 11.9 Å². The van der Waals surface area contributed by atoms with Crippen LogP contribution >= 0.6 is 11.3 Å². The van der Waals surface area contributed by atoms with Crippen molar-refractivity contribution in [3.05, 3.63) is 38.8 Å². The van der Waals surface area contributed by atoms with Gasteiger partial charge in [0.05, 0.1) is 5.01 Å². The van der Waals surface area contributed by atoms with Gasteiger partial charge in [0, 0.05) is 43.0 Å². The molecule has 0 bridgehead atoms. The summed E-state index contributed by atoms with van der Waals surface area (Å²) in [5, 5.41) is 8.11. The van der Waals surface area contributed by atoms with E-state index >= 15 is 0 Å². The SMILES string of the molecule is Cc1csc([C@@H](C)CNC(=O)Nc2nccn(C)c2=O)n1. The second-order valence-electron chi connectivity index (χ2n) is 4.76. The lowest BCUT2D eigenvalue weighted by Crippen LogP contribution is -2.34. The van der Waals surface area contributed by atoms with Gasteiger partial charge in [0.15, 0.2) is 0 Å². The molecule has 2 heterocycles. The normalized spacial score (nSPS) is 12.0. The maximum absolute atomic E-state index is 11.8. The molecule has 0 aliphatic heterocycles. The highest BCUT2D eigenvalue weighted by atomic mass is 32.1. The lowest BCUT2D eigenvalue weighted by Gasteiger charge is -2.11. The van der Waals surface area contributed by atoms with Gasteiger partial charge < -0.3 is 9.88 Å². The fraction of sp³-hybridized carbons (Fsp3) is 0.385. The van der Waals surface area contributed by atoms with Gasteiger partial charge in [0.1, 0.15) is 0 Å². The number of urea groups is 1. The quantitative estimate of drug-likeness (QED) is 0.895. The van der Waals surface area contributed by atoms with E-state index in [9.17, 15) is 9.59 Å². The summed E-state index contributed by atoms with van der Waals surface area (Å²) in [5.74, 6) is 0.122. The molecule has 1 atom stereocenters. The number of carbonyl (C=O) groups excluding carboxylic acids is 1. The van der Waals surface area contributed by atoms with E-state index in [1.165, 1.54) is 17.0 Å². The summed E-state index contributed by atoms with van der Waals surface area (Å²) in [7, 11) is 1.60. The van der Waals surface area contributed by atoms with E-state index in [1.807, 2.05) is 19.2 Å². The second-order valence-corrected chi connectivity index (χ2v) is 5.64. The second kappa shape index (κ2) is 6.49. The van der Waals surface area contributed by atoms with Crippen LogP contribution in [0.15, 0.2) is 22.6 Å². The zero-order chi connectivity index (χ0) is 15.4. The highest BCUT2D eigenvalue weighted by Crippen LogP contribution is 2.18. The number of hydrogen-bond donors (Lipinski definition) is 2. The van der Waals surface area contributed by atoms with Crippen molar-refractivity contribution in [1.82, 2.24) is 19.9 Å². The summed E-state index contributed by atoms with van der Waals surface area (Å²) in [4.78, 5) is 31.7. The lowest BCUT2D eigenvalue weighted by molar-refractivity contribution is 0.251. The zero-order valence-corrected chi connectivity index (χ0v) is 12.9. The van der Waals surface area contributed by atoms with Gasteiger partial charge in [-0.1, -0.05) is 6.92 Å². The summed E-state index contributed by atoms with van der Waals surface area (Å²) < 4.78 is 1.35. The maximum Gasteiger partial charge on any atom is 0.320 e. The van der Waals surface area contributed by atoms with Gasteiger partial charge in [-0.3, -0.25) is 10.1 Å². The number of carbonyl (C=O) groups is 1. The van der Waals surface area contributed by atoms with Crippen molar-refractivity contribution < 1.29 is 4.79 Å². The molecular formula is C13H17N5O2S. The number of hydrogen-bond acceptors (Lipinski definition) is 5. The van der Waals surface area contributed by atoms with Crippen LogP contribution in [0.2, 0.25) is 0 Å². The minimum atomic E-state index is -0.453. The third-order valence-electron chi connectivity index (χ3n) is 2.88. The van der Waals surface area contributed by atoms with Crippen molar-refractivity contribution in [2.24, 2.45) is 7.05 Å². The molecule has 0 aromatic carbocycles. The Hall–Kier alpha value is -2.22. The number of anilines is 1. The summed E-state index contributed by atoms with van der Waals surface area (Å²) in [6.07, 6.45) is 2.98. The number of amides is 2. The first-order valence-corrected chi connectivity index (χ1v) is 7.34. The van der Waals surface area contributed by atoms with Gasteiger partial charge in [-0.2, -0.15) is 0 Å². The lowest BCUT2D eigenvalue weighted by atomic mass is 10.2. The molecule has 0 aliphatic carbocycles. The minimum absolute atomic E-state index is 0.00949. The molecular weight excluding hydrogens is 290 g/mol. The van der Waals surface area contributed by atoms with Crippen molar-refractivity contribution >= 4 is 23.2 Å². The van der Waals surface area contributed by atoms with E-state index in [2.05, 4.69) is 20.6 Å². The molecule has 0 unspecified atom stereocenters. The van der Waals surface area contributed by atoms with Crippen LogP contribution in [0.4, 0.5) is 10.6 Å². The fourth-order valence-corrected chi connectivity index (χ4v) is 2.52. The van der Waals surface area contributed by atoms with Crippen LogP contribution in [0.3, 0.4) is 0 Å². The van der Waals surface area contributed by atoms with Gasteiger partial charge in [-0.25, -0.2) is 14.8 Å². The Morgan fingerprint density at radius 2 is 2.29 bits per heavy atom. The van der Waals surface area contributed by atoms with E-state index < -0.39 is 6.03 Å². The largest absolute Gasteiger partial charge is 0.337 e. The Labute approximate surface area is 126 Å². The molecule has 7 nitrogen and oxygen atoms in total. The number of aromatic nitrogens is 3. The van der Waals surface area contributed by atoms with E-state index in [-0.39, 0.29) is 17.3 Å². The van der Waals surface area contributed by atoms with Crippen LogP contribution in [0, 0.1) is 6.92 Å². The third-order valence-corrected chi connectivity index (χ3v) is 4.07. The van der Waals surface area contributed by atoms with Crippen LogP contribution in [-0.4, -0.2) is 27.1 Å². The molecule has 8 heteroatoms. The van der Waals surface area contributed by atoms with Gasteiger partial charge in [0.25, 0.3) is 5.56 Å². The summed E-state index contributed by atoms with van der Waals surface area (Å²) in [5.41, 5.74) is 0.625. The van der Waals surface area contributed by atoms with Crippen molar-refractivity contribution in [3.8, 4) is 0 Å². The Kier molecular flexibility index (Phi) is 4.69. The first-order valence-electron chi connectivity index (χ1n) is 6.46. The molecule has 112 valence electrons. The molecule has 2 aromatic heterocycles. The molecule has 0 spiro atoms. The first-order chi connectivity index (χ1) is 9.97. The summed E-state index contributed by atoms with van der Waals surface area (Å²) in [6.45, 7) is 4.36. The molecule has 21 heavy (non-hydrogen) atoms. The van der Waals surface area contributed by atoms with E-state index in [0.29, 0.717) is 6.54 Å². The van der Waals surface area contributed by atoms with E-state index in [0.717, 1.165) is 10.7 Å². The van der Waals surface area contributed by atoms with Crippen LogP contribution < -0.4 is 16.2 Å². The molecule has 0 radical (unpaired) electrons. The third kappa shape index (κ3) is 3.88. The van der Waals surface area contributed by atoms with Crippen LogP contribution in [0.25, 0.3) is 0 Å². The number of rotatable bonds is 4. The number of nitrogens with one attached hydrogen (secondary N) is 2. The highest BCUT2D eigenvalue weighted by Gasteiger charge is 2.12. The average Bonchev–Trinajstić information content (AvgIpc) is 2.88. The van der Waals surface area contributed by atoms with Crippen LogP contribution in [0.1, 0.15) is 23.5 Å². The van der Waals surface area contributed by atoms with Crippen molar-refractivity contribution in [3.63, 3.8) is 0 Å². The minimum Gasteiger partial charge on any atom is -0.337 e. The summed E-state index contributed by atoms with van der Waals surface area (Å²) in [6, 6.07) is -0.453. The Bertz CT molecular complexity index is 694.